The molecule has 0 bridgehead atoms. The van der Waals surface area contributed by atoms with Gasteiger partial charge in [-0.2, -0.15) is 0 Å². The zero-order chi connectivity index (χ0) is 12.7. The first kappa shape index (κ1) is 13.7. The highest BCUT2D eigenvalue weighted by Gasteiger charge is 2.17. The molecule has 0 saturated heterocycles. The maximum absolute atomic E-state index is 11.1. The molecule has 0 amide bonds. The van der Waals surface area contributed by atoms with Gasteiger partial charge in [-0.1, -0.05) is 18.6 Å². The fourth-order valence-corrected chi connectivity index (χ4v) is 1.70. The number of Topliss-reactive ketones (excluding diaryl/α,β-unsaturated/α-hetero) is 1. The van der Waals surface area contributed by atoms with Gasteiger partial charge in [-0.3, -0.25) is 0 Å². The van der Waals surface area contributed by atoms with Crippen molar-refractivity contribution in [3.05, 3.63) is 23.3 Å². The average molecular weight is 236 g/mol. The van der Waals surface area contributed by atoms with Crippen molar-refractivity contribution in [1.82, 2.24) is 0 Å². The van der Waals surface area contributed by atoms with E-state index in [0.717, 1.165) is 36.8 Å². The first-order valence-electron chi connectivity index (χ1n) is 6.14. The standard InChI is InChI=1S/C14H20O3/c1-11(15)8-6-4-3-5-7-9-13-10-17-14(16)12(13)2/h7,9H,3-6,8,10H2,1-2H3. The average Bonchev–Trinajstić information content (AvgIpc) is 2.59. The third-order valence-electron chi connectivity index (χ3n) is 2.87. The van der Waals surface area contributed by atoms with Crippen LogP contribution in [0.5, 0.6) is 0 Å². The van der Waals surface area contributed by atoms with Gasteiger partial charge >= 0.3 is 5.97 Å². The van der Waals surface area contributed by atoms with E-state index in [1.54, 1.807) is 13.8 Å². The molecular formula is C14H20O3. The molecule has 94 valence electrons. The monoisotopic (exact) mass is 236 g/mol. The van der Waals surface area contributed by atoms with E-state index in [2.05, 4.69) is 6.08 Å². The second-order valence-electron chi connectivity index (χ2n) is 4.43. The Morgan fingerprint density at radius 1 is 1.35 bits per heavy atom. The van der Waals surface area contributed by atoms with Crippen LogP contribution >= 0.6 is 0 Å². The van der Waals surface area contributed by atoms with E-state index in [4.69, 9.17) is 4.74 Å². The number of esters is 1. The van der Waals surface area contributed by atoms with E-state index >= 15 is 0 Å². The van der Waals surface area contributed by atoms with Crippen LogP contribution in [0.2, 0.25) is 0 Å². The summed E-state index contributed by atoms with van der Waals surface area (Å²) in [6.07, 6.45) is 8.88. The molecule has 0 unspecified atom stereocenters. The SMILES string of the molecule is CC(=O)CCCCCC=CC1=C(C)C(=O)OC1. The molecule has 0 atom stereocenters. The topological polar surface area (TPSA) is 43.4 Å². The number of carbonyl (C=O) groups excluding carboxylic acids is 2. The number of ketones is 1. The Balaban J connectivity index is 2.14. The van der Waals surface area contributed by atoms with Crippen molar-refractivity contribution < 1.29 is 14.3 Å². The second-order valence-corrected chi connectivity index (χ2v) is 4.43. The van der Waals surface area contributed by atoms with Crippen molar-refractivity contribution in [2.45, 2.75) is 46.0 Å². The first-order valence-corrected chi connectivity index (χ1v) is 6.14. The number of carbonyl (C=O) groups is 2. The highest BCUT2D eigenvalue weighted by molar-refractivity contribution is 5.91. The number of ether oxygens (including phenoxy) is 1. The number of cyclic esters (lactones) is 1. The molecule has 3 nitrogen and oxygen atoms in total. The molecule has 3 heteroatoms. The normalized spacial score (nSPS) is 15.8. The molecule has 0 aromatic rings. The Morgan fingerprint density at radius 2 is 2.12 bits per heavy atom. The molecule has 0 radical (unpaired) electrons. The van der Waals surface area contributed by atoms with Crippen molar-refractivity contribution in [1.29, 1.82) is 0 Å². The van der Waals surface area contributed by atoms with E-state index in [0.29, 0.717) is 13.0 Å². The van der Waals surface area contributed by atoms with Crippen LogP contribution in [0.25, 0.3) is 0 Å². The van der Waals surface area contributed by atoms with Crippen LogP contribution in [0, 0.1) is 0 Å². The van der Waals surface area contributed by atoms with Gasteiger partial charge < -0.3 is 9.53 Å². The van der Waals surface area contributed by atoms with Crippen LogP contribution in [-0.4, -0.2) is 18.4 Å². The quantitative estimate of drug-likeness (QED) is 0.504. The molecule has 0 aliphatic carbocycles. The van der Waals surface area contributed by atoms with Gasteiger partial charge in [0.15, 0.2) is 0 Å². The third kappa shape index (κ3) is 4.98. The van der Waals surface area contributed by atoms with Crippen LogP contribution in [0.15, 0.2) is 23.3 Å². The molecule has 1 aliphatic rings. The van der Waals surface area contributed by atoms with E-state index in [1.165, 1.54) is 0 Å². The zero-order valence-corrected chi connectivity index (χ0v) is 10.6. The molecule has 1 rings (SSSR count). The summed E-state index contributed by atoms with van der Waals surface area (Å²) in [7, 11) is 0. The molecule has 0 spiro atoms. The van der Waals surface area contributed by atoms with Gasteiger partial charge in [-0.05, 0) is 38.7 Å². The first-order chi connectivity index (χ1) is 8.11. The molecule has 0 N–H and O–H groups in total. The predicted molar refractivity (Wildman–Crippen MR) is 66.6 cm³/mol. The van der Waals surface area contributed by atoms with Gasteiger partial charge in [0, 0.05) is 12.0 Å². The van der Waals surface area contributed by atoms with Crippen LogP contribution < -0.4 is 0 Å². The summed E-state index contributed by atoms with van der Waals surface area (Å²) >= 11 is 0. The minimum Gasteiger partial charge on any atom is -0.457 e. The van der Waals surface area contributed by atoms with E-state index in [9.17, 15) is 9.59 Å². The molecule has 1 aliphatic heterocycles. The number of hydrogen-bond donors (Lipinski definition) is 0. The predicted octanol–water partition coefficient (Wildman–Crippen LogP) is 2.96. The number of unbranched alkanes of at least 4 members (excludes halogenated alkanes) is 3. The summed E-state index contributed by atoms with van der Waals surface area (Å²) in [5.74, 6) is 0.0639. The van der Waals surface area contributed by atoms with Crippen molar-refractivity contribution in [2.75, 3.05) is 6.61 Å². The van der Waals surface area contributed by atoms with Gasteiger partial charge in [0.2, 0.25) is 0 Å². The smallest absolute Gasteiger partial charge is 0.334 e. The highest BCUT2D eigenvalue weighted by atomic mass is 16.5. The fraction of sp³-hybridized carbons (Fsp3) is 0.571. The van der Waals surface area contributed by atoms with E-state index in [1.807, 2.05) is 6.08 Å². The van der Waals surface area contributed by atoms with Crippen LogP contribution in [0.1, 0.15) is 46.0 Å². The van der Waals surface area contributed by atoms with E-state index in [-0.39, 0.29) is 11.8 Å². The lowest BCUT2D eigenvalue weighted by molar-refractivity contribution is -0.135. The minimum absolute atomic E-state index is 0.203. The largest absolute Gasteiger partial charge is 0.457 e. The van der Waals surface area contributed by atoms with Crippen molar-refractivity contribution >= 4 is 11.8 Å². The van der Waals surface area contributed by atoms with Gasteiger partial charge in [0.05, 0.1) is 0 Å². The number of allylic oxidation sites excluding steroid dienone is 1. The van der Waals surface area contributed by atoms with Crippen LogP contribution in [0.4, 0.5) is 0 Å². The Labute approximate surface area is 103 Å². The van der Waals surface area contributed by atoms with Gasteiger partial charge in [-0.15, -0.1) is 0 Å². The number of hydrogen-bond acceptors (Lipinski definition) is 3. The molecule has 0 aromatic carbocycles. The maximum atomic E-state index is 11.1. The highest BCUT2D eigenvalue weighted by Crippen LogP contribution is 2.16. The lowest BCUT2D eigenvalue weighted by Crippen LogP contribution is -1.94. The summed E-state index contributed by atoms with van der Waals surface area (Å²) in [6.45, 7) is 3.83. The Bertz CT molecular complexity index is 350. The van der Waals surface area contributed by atoms with Gasteiger partial charge in [0.1, 0.15) is 12.4 Å². The molecular weight excluding hydrogens is 216 g/mol. The Morgan fingerprint density at radius 3 is 2.71 bits per heavy atom. The summed E-state index contributed by atoms with van der Waals surface area (Å²) < 4.78 is 4.90. The lowest BCUT2D eigenvalue weighted by Gasteiger charge is -1.96. The Kier molecular flexibility index (Phi) is 5.67. The summed E-state index contributed by atoms with van der Waals surface area (Å²) in [6, 6.07) is 0. The second kappa shape index (κ2) is 7.05. The summed E-state index contributed by atoms with van der Waals surface area (Å²) in [5.41, 5.74) is 1.71. The van der Waals surface area contributed by atoms with Gasteiger partial charge in [-0.25, -0.2) is 4.79 Å². The number of rotatable bonds is 7. The molecule has 17 heavy (non-hydrogen) atoms. The van der Waals surface area contributed by atoms with Crippen LogP contribution in [0.3, 0.4) is 0 Å². The summed E-state index contributed by atoms with van der Waals surface area (Å²) in [4.78, 5) is 21.8. The fourth-order valence-electron chi connectivity index (χ4n) is 1.70. The Hall–Kier alpha value is -1.38. The molecule has 0 fully saturated rings. The third-order valence-corrected chi connectivity index (χ3v) is 2.87. The summed E-state index contributed by atoms with van der Waals surface area (Å²) in [5, 5.41) is 0. The zero-order valence-electron chi connectivity index (χ0n) is 10.6. The van der Waals surface area contributed by atoms with Crippen molar-refractivity contribution in [3.8, 4) is 0 Å². The van der Waals surface area contributed by atoms with Gasteiger partial charge in [0.25, 0.3) is 0 Å². The molecule has 1 heterocycles. The van der Waals surface area contributed by atoms with Crippen molar-refractivity contribution in [2.24, 2.45) is 0 Å². The van der Waals surface area contributed by atoms with Crippen LogP contribution in [-0.2, 0) is 14.3 Å². The molecule has 0 saturated carbocycles. The maximum Gasteiger partial charge on any atom is 0.334 e. The molecule has 0 aromatic heterocycles. The van der Waals surface area contributed by atoms with E-state index < -0.39 is 0 Å². The lowest BCUT2D eigenvalue weighted by atomic mass is 10.1. The van der Waals surface area contributed by atoms with Crippen molar-refractivity contribution in [3.63, 3.8) is 0 Å². The minimum atomic E-state index is -0.203.